The van der Waals surface area contributed by atoms with Gasteiger partial charge in [0.25, 0.3) is 0 Å². The van der Waals surface area contributed by atoms with E-state index >= 15 is 0 Å². The van der Waals surface area contributed by atoms with E-state index in [1.165, 1.54) is 0 Å². The Bertz CT molecular complexity index is 693. The first-order valence-electron chi connectivity index (χ1n) is 6.99. The maximum atomic E-state index is 11.4. The van der Waals surface area contributed by atoms with E-state index in [1.54, 1.807) is 12.3 Å². The largest absolute Gasteiger partial charge is 0.478 e. The summed E-state index contributed by atoms with van der Waals surface area (Å²) in [7, 11) is 0. The second kappa shape index (κ2) is 5.20. The number of anilines is 1. The molecule has 0 saturated carbocycles. The molecule has 2 N–H and O–H groups in total. The van der Waals surface area contributed by atoms with E-state index < -0.39 is 5.97 Å². The highest BCUT2D eigenvalue weighted by Gasteiger charge is 2.22. The molecule has 3 rings (SSSR count). The third-order valence-corrected chi connectivity index (χ3v) is 3.64. The number of hydrogen-bond acceptors (Lipinski definition) is 5. The van der Waals surface area contributed by atoms with Crippen molar-refractivity contribution < 1.29 is 14.3 Å². The second-order valence-corrected chi connectivity index (χ2v) is 5.32. The fourth-order valence-electron chi connectivity index (χ4n) is 2.58. The number of fused-ring (bicyclic) bond motifs is 1. The Morgan fingerprint density at radius 3 is 2.95 bits per heavy atom. The average Bonchev–Trinajstić information content (AvgIpc) is 3.05. The lowest BCUT2D eigenvalue weighted by molar-refractivity contribution is 0.0697. The van der Waals surface area contributed by atoms with Crippen LogP contribution < -0.4 is 5.32 Å². The smallest absolute Gasteiger partial charge is 0.339 e. The quantitative estimate of drug-likeness (QED) is 0.899. The number of carboxylic acids is 1. The van der Waals surface area contributed by atoms with Crippen LogP contribution in [0.4, 0.5) is 5.82 Å². The molecule has 21 heavy (non-hydrogen) atoms. The summed E-state index contributed by atoms with van der Waals surface area (Å²) in [5.41, 5.74) is 2.22. The van der Waals surface area contributed by atoms with Gasteiger partial charge >= 0.3 is 5.97 Å². The van der Waals surface area contributed by atoms with Gasteiger partial charge in [-0.05, 0) is 44.7 Å². The SMILES string of the molecule is Cc1cnc(C(C)Nc2nc3c(cc2C(=O)O)CCC3)o1. The van der Waals surface area contributed by atoms with Crippen molar-refractivity contribution in [1.29, 1.82) is 0 Å². The minimum Gasteiger partial charge on any atom is -0.478 e. The summed E-state index contributed by atoms with van der Waals surface area (Å²) in [5.74, 6) is 0.646. The van der Waals surface area contributed by atoms with Crippen LogP contribution in [0.25, 0.3) is 0 Å². The number of oxazole rings is 1. The zero-order valence-electron chi connectivity index (χ0n) is 12.0. The third-order valence-electron chi connectivity index (χ3n) is 3.64. The van der Waals surface area contributed by atoms with Crippen molar-refractivity contribution in [2.45, 2.75) is 39.2 Å². The van der Waals surface area contributed by atoms with E-state index in [0.29, 0.717) is 11.7 Å². The van der Waals surface area contributed by atoms with Crippen LogP contribution in [0, 0.1) is 6.92 Å². The minimum atomic E-state index is -0.976. The predicted molar refractivity (Wildman–Crippen MR) is 76.5 cm³/mol. The third kappa shape index (κ3) is 2.61. The van der Waals surface area contributed by atoms with Crippen molar-refractivity contribution in [1.82, 2.24) is 9.97 Å². The molecule has 1 aliphatic carbocycles. The molecule has 0 fully saturated rings. The molecule has 110 valence electrons. The number of nitrogens with one attached hydrogen (secondary N) is 1. The highest BCUT2D eigenvalue weighted by atomic mass is 16.4. The predicted octanol–water partition coefficient (Wildman–Crippen LogP) is 2.74. The maximum Gasteiger partial charge on any atom is 0.339 e. The monoisotopic (exact) mass is 287 g/mol. The number of aromatic carboxylic acids is 1. The number of aryl methyl sites for hydroxylation is 3. The van der Waals surface area contributed by atoms with Crippen molar-refractivity contribution in [2.75, 3.05) is 5.32 Å². The van der Waals surface area contributed by atoms with Crippen molar-refractivity contribution in [3.05, 3.63) is 40.7 Å². The number of carbonyl (C=O) groups is 1. The molecule has 6 nitrogen and oxygen atoms in total. The van der Waals surface area contributed by atoms with E-state index in [2.05, 4.69) is 15.3 Å². The average molecular weight is 287 g/mol. The summed E-state index contributed by atoms with van der Waals surface area (Å²) in [6.07, 6.45) is 4.47. The number of nitrogens with zero attached hydrogens (tertiary/aromatic N) is 2. The fourth-order valence-corrected chi connectivity index (χ4v) is 2.58. The summed E-state index contributed by atoms with van der Waals surface area (Å²) in [6.45, 7) is 3.69. The summed E-state index contributed by atoms with van der Waals surface area (Å²) in [5, 5.41) is 12.5. The lowest BCUT2D eigenvalue weighted by atomic mass is 10.1. The van der Waals surface area contributed by atoms with Crippen LogP contribution >= 0.6 is 0 Å². The van der Waals surface area contributed by atoms with Crippen LogP contribution in [0.1, 0.15) is 52.7 Å². The Balaban J connectivity index is 1.92. The van der Waals surface area contributed by atoms with Gasteiger partial charge in [-0.1, -0.05) is 0 Å². The van der Waals surface area contributed by atoms with Crippen molar-refractivity contribution in [3.8, 4) is 0 Å². The lowest BCUT2D eigenvalue weighted by Gasteiger charge is -2.14. The van der Waals surface area contributed by atoms with Crippen LogP contribution in [0.2, 0.25) is 0 Å². The van der Waals surface area contributed by atoms with E-state index in [1.807, 2.05) is 13.8 Å². The molecule has 1 aliphatic rings. The van der Waals surface area contributed by atoms with Crippen molar-refractivity contribution >= 4 is 11.8 Å². The van der Waals surface area contributed by atoms with Gasteiger partial charge in [0.05, 0.1) is 6.20 Å². The van der Waals surface area contributed by atoms with Gasteiger partial charge in [-0.25, -0.2) is 14.8 Å². The van der Waals surface area contributed by atoms with Crippen LogP contribution in [-0.4, -0.2) is 21.0 Å². The highest BCUT2D eigenvalue weighted by molar-refractivity contribution is 5.93. The first kappa shape index (κ1) is 13.6. The van der Waals surface area contributed by atoms with Crippen LogP contribution in [0.5, 0.6) is 0 Å². The molecule has 2 aromatic rings. The normalized spacial score (nSPS) is 14.8. The van der Waals surface area contributed by atoms with Crippen molar-refractivity contribution in [2.24, 2.45) is 0 Å². The number of carboxylic acid groups (broad SMARTS) is 1. The molecule has 6 heteroatoms. The first-order chi connectivity index (χ1) is 10.0. The molecule has 0 amide bonds. The van der Waals surface area contributed by atoms with Crippen LogP contribution in [0.15, 0.2) is 16.7 Å². The first-order valence-corrected chi connectivity index (χ1v) is 6.99. The van der Waals surface area contributed by atoms with Gasteiger partial charge in [-0.2, -0.15) is 0 Å². The van der Waals surface area contributed by atoms with Gasteiger partial charge in [0, 0.05) is 5.69 Å². The molecular weight excluding hydrogens is 270 g/mol. The Kier molecular flexibility index (Phi) is 3.37. The molecule has 2 heterocycles. The Hall–Kier alpha value is -2.37. The maximum absolute atomic E-state index is 11.4. The summed E-state index contributed by atoms with van der Waals surface area (Å²) in [4.78, 5) is 20.1. The standard InChI is InChI=1S/C15H17N3O3/c1-8-7-16-14(21-8)9(2)17-13-11(15(19)20)6-10-4-3-5-12(10)18-13/h6-7,9H,3-5H2,1-2H3,(H,17,18)(H,19,20). The van der Waals surface area contributed by atoms with Gasteiger partial charge in [-0.3, -0.25) is 0 Å². The Labute approximate surface area is 122 Å². The number of hydrogen-bond donors (Lipinski definition) is 2. The Morgan fingerprint density at radius 1 is 1.48 bits per heavy atom. The molecule has 0 saturated heterocycles. The van der Waals surface area contributed by atoms with E-state index in [0.717, 1.165) is 36.3 Å². The van der Waals surface area contributed by atoms with E-state index in [4.69, 9.17) is 4.42 Å². The van der Waals surface area contributed by atoms with E-state index in [-0.39, 0.29) is 11.6 Å². The van der Waals surface area contributed by atoms with Crippen LogP contribution in [-0.2, 0) is 12.8 Å². The second-order valence-electron chi connectivity index (χ2n) is 5.32. The van der Waals surface area contributed by atoms with Gasteiger partial charge in [0.1, 0.15) is 23.2 Å². The number of aromatic nitrogens is 2. The van der Waals surface area contributed by atoms with E-state index in [9.17, 15) is 9.90 Å². The summed E-state index contributed by atoms with van der Waals surface area (Å²) < 4.78 is 5.46. The lowest BCUT2D eigenvalue weighted by Crippen LogP contribution is -2.14. The van der Waals surface area contributed by atoms with Gasteiger partial charge < -0.3 is 14.8 Å². The topological polar surface area (TPSA) is 88.2 Å². The number of rotatable bonds is 4. The highest BCUT2D eigenvalue weighted by Crippen LogP contribution is 2.27. The molecule has 0 spiro atoms. The summed E-state index contributed by atoms with van der Waals surface area (Å²) >= 11 is 0. The zero-order valence-corrected chi connectivity index (χ0v) is 12.0. The van der Waals surface area contributed by atoms with Crippen LogP contribution in [0.3, 0.4) is 0 Å². The zero-order chi connectivity index (χ0) is 15.0. The molecular formula is C15H17N3O3. The summed E-state index contributed by atoms with van der Waals surface area (Å²) in [6, 6.07) is 1.48. The molecule has 0 radical (unpaired) electrons. The number of pyridine rings is 1. The molecule has 0 aromatic carbocycles. The molecule has 0 bridgehead atoms. The molecule has 0 aliphatic heterocycles. The Morgan fingerprint density at radius 2 is 2.29 bits per heavy atom. The molecule has 1 unspecified atom stereocenters. The van der Waals surface area contributed by atoms with Gasteiger partial charge in [0.15, 0.2) is 0 Å². The van der Waals surface area contributed by atoms with Gasteiger partial charge in [-0.15, -0.1) is 0 Å². The van der Waals surface area contributed by atoms with Gasteiger partial charge in [0.2, 0.25) is 5.89 Å². The minimum absolute atomic E-state index is 0.200. The molecule has 2 aromatic heterocycles. The van der Waals surface area contributed by atoms with Crippen molar-refractivity contribution in [3.63, 3.8) is 0 Å². The fraction of sp³-hybridized carbons (Fsp3) is 0.400. The molecule has 1 atom stereocenters.